The molecule has 0 bridgehead atoms. The average Bonchev–Trinajstić information content (AvgIpc) is 2.33. The van der Waals surface area contributed by atoms with Crippen molar-refractivity contribution in [3.63, 3.8) is 0 Å². The lowest BCUT2D eigenvalue weighted by Gasteiger charge is -2.24. The van der Waals surface area contributed by atoms with Gasteiger partial charge < -0.3 is 5.73 Å². The van der Waals surface area contributed by atoms with Crippen LogP contribution in [0.2, 0.25) is 0 Å². The zero-order valence-corrected chi connectivity index (χ0v) is 12.4. The quantitative estimate of drug-likeness (QED) is 0.777. The van der Waals surface area contributed by atoms with Crippen LogP contribution < -0.4 is 5.73 Å². The van der Waals surface area contributed by atoms with Gasteiger partial charge in [-0.1, -0.05) is 37.5 Å². The number of rotatable bonds is 1. The Hall–Kier alpha value is -0.910. The monoisotopic (exact) mass is 285 g/mol. The van der Waals surface area contributed by atoms with E-state index in [0.717, 1.165) is 11.5 Å². The van der Waals surface area contributed by atoms with Crippen molar-refractivity contribution in [3.8, 4) is 0 Å². The molecule has 0 saturated heterocycles. The number of hydrogen-bond acceptors (Lipinski definition) is 3. The predicted molar refractivity (Wildman–Crippen MR) is 76.6 cm³/mol. The number of nitrogens with two attached hydrogens (primary N) is 1. The van der Waals surface area contributed by atoms with Crippen molar-refractivity contribution in [1.29, 1.82) is 0 Å². The summed E-state index contributed by atoms with van der Waals surface area (Å²) in [6.07, 6.45) is 5.35. The molecule has 2 unspecified atom stereocenters. The Kier molecular flexibility index (Phi) is 5.97. The first kappa shape index (κ1) is 16.1. The molecular weight excluding hydrogens is 262 g/mol. The van der Waals surface area contributed by atoms with Crippen LogP contribution >= 0.6 is 0 Å². The predicted octanol–water partition coefficient (Wildman–Crippen LogP) is 2.77. The third-order valence-corrected chi connectivity index (χ3v) is 4.36. The van der Waals surface area contributed by atoms with Gasteiger partial charge in [0, 0.05) is 6.04 Å². The molecule has 4 nitrogen and oxygen atoms in total. The van der Waals surface area contributed by atoms with Gasteiger partial charge in [0.25, 0.3) is 10.1 Å². The average molecular weight is 285 g/mol. The molecule has 3 N–H and O–H groups in total. The second kappa shape index (κ2) is 7.03. The van der Waals surface area contributed by atoms with Crippen LogP contribution in [0.1, 0.15) is 38.2 Å². The van der Waals surface area contributed by atoms with E-state index in [4.69, 9.17) is 10.3 Å². The van der Waals surface area contributed by atoms with E-state index in [1.807, 2.05) is 6.92 Å². The van der Waals surface area contributed by atoms with Crippen LogP contribution in [0.3, 0.4) is 0 Å². The molecule has 19 heavy (non-hydrogen) atoms. The molecule has 1 aliphatic rings. The Morgan fingerprint density at radius 1 is 1.16 bits per heavy atom. The Balaban J connectivity index is 0.000000200. The standard InChI is InChI=1S/C7H15N.C7H8O3S/c1-6-4-2-3-5-7(6)8;1-6-2-4-7(5-3-6)11(8,9)10/h6-7H,2-5,8H2,1H3;2-5H,1H3,(H,8,9,10). The smallest absolute Gasteiger partial charge is 0.294 e. The SMILES string of the molecule is CC1CCCCC1N.Cc1ccc(S(=O)(=O)O)cc1. The highest BCUT2D eigenvalue weighted by atomic mass is 32.2. The summed E-state index contributed by atoms with van der Waals surface area (Å²) in [6.45, 7) is 4.09. The molecule has 0 amide bonds. The topological polar surface area (TPSA) is 80.4 Å². The largest absolute Gasteiger partial charge is 0.327 e. The first-order chi connectivity index (χ1) is 8.80. The highest BCUT2D eigenvalue weighted by Gasteiger charge is 2.16. The van der Waals surface area contributed by atoms with E-state index in [1.54, 1.807) is 12.1 Å². The van der Waals surface area contributed by atoms with Crippen LogP contribution in [-0.4, -0.2) is 19.0 Å². The Labute approximate surface area is 115 Å². The van der Waals surface area contributed by atoms with E-state index in [1.165, 1.54) is 37.8 Å². The molecule has 108 valence electrons. The first-order valence-corrected chi connectivity index (χ1v) is 8.04. The van der Waals surface area contributed by atoms with E-state index in [0.29, 0.717) is 6.04 Å². The van der Waals surface area contributed by atoms with Gasteiger partial charge in [-0.25, -0.2) is 0 Å². The van der Waals surface area contributed by atoms with Gasteiger partial charge in [-0.3, -0.25) is 4.55 Å². The summed E-state index contributed by atoms with van der Waals surface area (Å²) in [4.78, 5) is -0.0666. The van der Waals surface area contributed by atoms with Gasteiger partial charge in [0.15, 0.2) is 0 Å². The third-order valence-electron chi connectivity index (χ3n) is 3.50. The first-order valence-electron chi connectivity index (χ1n) is 6.60. The molecule has 5 heteroatoms. The zero-order chi connectivity index (χ0) is 14.5. The Morgan fingerprint density at radius 3 is 2.05 bits per heavy atom. The van der Waals surface area contributed by atoms with Crippen molar-refractivity contribution in [3.05, 3.63) is 29.8 Å². The van der Waals surface area contributed by atoms with Crippen LogP contribution in [0.25, 0.3) is 0 Å². The van der Waals surface area contributed by atoms with Crippen molar-refractivity contribution in [2.75, 3.05) is 0 Å². The van der Waals surface area contributed by atoms with Crippen LogP contribution in [0.15, 0.2) is 29.2 Å². The molecule has 1 fully saturated rings. The lowest BCUT2D eigenvalue weighted by molar-refractivity contribution is 0.331. The molecular formula is C14H23NO3S. The normalized spacial score (nSPS) is 23.4. The van der Waals surface area contributed by atoms with Crippen LogP contribution in [0.4, 0.5) is 0 Å². The molecule has 1 aliphatic carbocycles. The second-order valence-electron chi connectivity index (χ2n) is 5.21. The van der Waals surface area contributed by atoms with Crippen molar-refractivity contribution < 1.29 is 13.0 Å². The number of benzene rings is 1. The van der Waals surface area contributed by atoms with Crippen molar-refractivity contribution in [1.82, 2.24) is 0 Å². The summed E-state index contributed by atoms with van der Waals surface area (Å²) in [6, 6.07) is 6.49. The minimum atomic E-state index is -4.02. The summed E-state index contributed by atoms with van der Waals surface area (Å²) in [5, 5.41) is 0. The highest BCUT2D eigenvalue weighted by molar-refractivity contribution is 7.85. The fraction of sp³-hybridized carbons (Fsp3) is 0.571. The molecule has 2 rings (SSSR count). The van der Waals surface area contributed by atoms with Crippen LogP contribution in [-0.2, 0) is 10.1 Å². The van der Waals surface area contributed by atoms with Crippen LogP contribution in [0, 0.1) is 12.8 Å². The van der Waals surface area contributed by atoms with Gasteiger partial charge in [-0.2, -0.15) is 8.42 Å². The van der Waals surface area contributed by atoms with E-state index in [2.05, 4.69) is 6.92 Å². The van der Waals surface area contributed by atoms with Gasteiger partial charge in [0.05, 0.1) is 4.90 Å². The lowest BCUT2D eigenvalue weighted by Crippen LogP contribution is -2.30. The summed E-state index contributed by atoms with van der Waals surface area (Å²) in [5.74, 6) is 0.781. The molecule has 1 aromatic carbocycles. The van der Waals surface area contributed by atoms with E-state index >= 15 is 0 Å². The van der Waals surface area contributed by atoms with Crippen molar-refractivity contribution in [2.45, 2.75) is 50.5 Å². The van der Waals surface area contributed by atoms with Gasteiger partial charge in [-0.15, -0.1) is 0 Å². The summed E-state index contributed by atoms with van der Waals surface area (Å²) in [5.41, 5.74) is 6.73. The summed E-state index contributed by atoms with van der Waals surface area (Å²) < 4.78 is 29.6. The molecule has 1 aromatic rings. The molecule has 0 radical (unpaired) electrons. The van der Waals surface area contributed by atoms with E-state index in [9.17, 15) is 8.42 Å². The zero-order valence-electron chi connectivity index (χ0n) is 11.5. The Bertz CT molecular complexity index is 472. The van der Waals surface area contributed by atoms with Gasteiger partial charge in [-0.05, 0) is 37.8 Å². The minimum Gasteiger partial charge on any atom is -0.327 e. The van der Waals surface area contributed by atoms with Crippen molar-refractivity contribution >= 4 is 10.1 Å². The molecule has 2 atom stereocenters. The summed E-state index contributed by atoms with van der Waals surface area (Å²) in [7, 11) is -4.02. The lowest BCUT2D eigenvalue weighted by atomic mass is 9.87. The maximum Gasteiger partial charge on any atom is 0.294 e. The fourth-order valence-electron chi connectivity index (χ4n) is 2.06. The molecule has 0 aromatic heterocycles. The van der Waals surface area contributed by atoms with Gasteiger partial charge in [0.2, 0.25) is 0 Å². The molecule has 0 aliphatic heterocycles. The van der Waals surface area contributed by atoms with Gasteiger partial charge >= 0.3 is 0 Å². The van der Waals surface area contributed by atoms with E-state index < -0.39 is 10.1 Å². The highest BCUT2D eigenvalue weighted by Crippen LogP contribution is 2.21. The fourth-order valence-corrected chi connectivity index (χ4v) is 2.54. The van der Waals surface area contributed by atoms with Gasteiger partial charge in [0.1, 0.15) is 0 Å². The Morgan fingerprint density at radius 2 is 1.68 bits per heavy atom. The maximum atomic E-state index is 10.5. The molecule has 1 saturated carbocycles. The minimum absolute atomic E-state index is 0.0666. The molecule has 0 spiro atoms. The third kappa shape index (κ3) is 5.72. The summed E-state index contributed by atoms with van der Waals surface area (Å²) >= 11 is 0. The molecule has 0 heterocycles. The van der Waals surface area contributed by atoms with Crippen LogP contribution in [0.5, 0.6) is 0 Å². The number of hydrogen-bond donors (Lipinski definition) is 2. The number of aryl methyl sites for hydroxylation is 1. The van der Waals surface area contributed by atoms with E-state index in [-0.39, 0.29) is 4.90 Å². The van der Waals surface area contributed by atoms with Crippen molar-refractivity contribution in [2.24, 2.45) is 11.7 Å². The maximum absolute atomic E-state index is 10.5. The second-order valence-corrected chi connectivity index (χ2v) is 6.64.